The maximum atomic E-state index is 14.3. The lowest BCUT2D eigenvalue weighted by atomic mass is 9.91. The van der Waals surface area contributed by atoms with Crippen molar-refractivity contribution in [2.75, 3.05) is 11.6 Å². The number of halogens is 5. The van der Waals surface area contributed by atoms with Gasteiger partial charge in [0.05, 0.1) is 10.6 Å². The van der Waals surface area contributed by atoms with Gasteiger partial charge in [-0.15, -0.1) is 0 Å². The number of aryl methyl sites for hydroxylation is 1. The second-order valence-corrected chi connectivity index (χ2v) is 11.3. The normalized spacial score (nSPS) is 17.8. The Morgan fingerprint density at radius 3 is 2.19 bits per heavy atom. The van der Waals surface area contributed by atoms with Crippen LogP contribution in [-0.2, 0) is 20.3 Å². The average molecular weight is 571 g/mol. The highest BCUT2D eigenvalue weighted by Crippen LogP contribution is 2.48. The van der Waals surface area contributed by atoms with Crippen molar-refractivity contribution in [3.63, 3.8) is 0 Å². The maximum absolute atomic E-state index is 14.3. The number of amides is 1. The van der Waals surface area contributed by atoms with E-state index in [0.717, 1.165) is 24.5 Å². The Bertz CT molecular complexity index is 1500. The molecule has 0 saturated heterocycles. The van der Waals surface area contributed by atoms with Gasteiger partial charge in [-0.3, -0.25) is 15.1 Å². The second-order valence-electron chi connectivity index (χ2n) is 8.43. The van der Waals surface area contributed by atoms with Gasteiger partial charge in [0, 0.05) is 38.7 Å². The monoisotopic (exact) mass is 570 g/mol. The first kappa shape index (κ1) is 27.0. The molecule has 0 aliphatic carbocycles. The lowest BCUT2D eigenvalue weighted by Gasteiger charge is -2.28. The number of nitrogens with one attached hydrogen (secondary N) is 2. The fourth-order valence-corrected chi connectivity index (χ4v) is 4.88. The Kier molecular flexibility index (Phi) is 7.06. The van der Waals surface area contributed by atoms with Crippen molar-refractivity contribution < 1.29 is 31.2 Å². The molecule has 1 unspecified atom stereocenters. The summed E-state index contributed by atoms with van der Waals surface area (Å²) >= 11 is 11.9. The third-order valence-electron chi connectivity index (χ3n) is 5.72. The number of hydrogen-bond donors (Lipinski definition) is 2. The van der Waals surface area contributed by atoms with Gasteiger partial charge in [-0.1, -0.05) is 35.3 Å². The molecule has 0 fully saturated rings. The first-order valence-electron chi connectivity index (χ1n) is 10.6. The van der Waals surface area contributed by atoms with E-state index in [4.69, 9.17) is 28.0 Å². The predicted octanol–water partition coefficient (Wildman–Crippen LogP) is 6.29. The lowest BCUT2D eigenvalue weighted by molar-refractivity contribution is -0.269. The number of rotatable bonds is 5. The zero-order valence-electron chi connectivity index (χ0n) is 19.3. The number of carbonyl (C=O) groups excluding carboxylic acids is 1. The fraction of sp³-hybridized carbons (Fsp3) is 0.160. The van der Waals surface area contributed by atoms with Crippen LogP contribution in [0.4, 0.5) is 18.9 Å². The van der Waals surface area contributed by atoms with Crippen LogP contribution in [0.2, 0.25) is 10.0 Å². The Hall–Kier alpha value is -3.05. The largest absolute Gasteiger partial charge is 0.428 e. The number of sulfone groups is 1. The van der Waals surface area contributed by atoms with Crippen LogP contribution in [0.25, 0.3) is 5.70 Å². The predicted molar refractivity (Wildman–Crippen MR) is 135 cm³/mol. The van der Waals surface area contributed by atoms with Gasteiger partial charge in [-0.2, -0.15) is 13.2 Å². The highest BCUT2D eigenvalue weighted by Gasteiger charge is 2.59. The van der Waals surface area contributed by atoms with Gasteiger partial charge in [0.25, 0.3) is 5.91 Å². The molecular weight excluding hydrogens is 552 g/mol. The first-order valence-corrected chi connectivity index (χ1v) is 13.3. The second kappa shape index (κ2) is 9.68. The minimum Gasteiger partial charge on any atom is -0.322 e. The van der Waals surface area contributed by atoms with E-state index < -0.39 is 27.5 Å². The van der Waals surface area contributed by atoms with Gasteiger partial charge in [-0.05, 0) is 67.1 Å². The summed E-state index contributed by atoms with van der Waals surface area (Å²) in [5.41, 5.74) is 0.699. The molecule has 3 aromatic carbocycles. The molecule has 1 atom stereocenters. The van der Waals surface area contributed by atoms with Crippen molar-refractivity contribution in [2.24, 2.45) is 0 Å². The van der Waals surface area contributed by atoms with Crippen LogP contribution in [0.15, 0.2) is 71.6 Å². The molecule has 1 amide bonds. The van der Waals surface area contributed by atoms with Crippen LogP contribution < -0.4 is 10.8 Å². The van der Waals surface area contributed by atoms with E-state index in [1.807, 2.05) is 0 Å². The zero-order chi connectivity index (χ0) is 27.2. The zero-order valence-corrected chi connectivity index (χ0v) is 21.6. The molecule has 1 aliphatic heterocycles. The summed E-state index contributed by atoms with van der Waals surface area (Å²) in [7, 11) is -3.42. The van der Waals surface area contributed by atoms with Gasteiger partial charge < -0.3 is 5.32 Å². The summed E-state index contributed by atoms with van der Waals surface area (Å²) in [6, 6.07) is 13.6. The van der Waals surface area contributed by atoms with E-state index in [1.165, 1.54) is 36.4 Å². The van der Waals surface area contributed by atoms with Crippen LogP contribution in [-0.4, -0.2) is 26.8 Å². The molecule has 194 valence electrons. The molecule has 4 rings (SSSR count). The minimum absolute atomic E-state index is 0.0152. The van der Waals surface area contributed by atoms with E-state index in [-0.39, 0.29) is 31.8 Å². The highest BCUT2D eigenvalue weighted by molar-refractivity contribution is 7.90. The number of carbonyl (C=O) groups is 1. The smallest absolute Gasteiger partial charge is 0.322 e. The van der Waals surface area contributed by atoms with E-state index in [9.17, 15) is 26.4 Å². The molecule has 6 nitrogen and oxygen atoms in total. The summed E-state index contributed by atoms with van der Waals surface area (Å²) in [4.78, 5) is 17.9. The Morgan fingerprint density at radius 1 is 1.00 bits per heavy atom. The van der Waals surface area contributed by atoms with Gasteiger partial charge in [0.1, 0.15) is 0 Å². The molecule has 1 heterocycles. The molecule has 0 saturated carbocycles. The Morgan fingerprint density at radius 2 is 1.62 bits per heavy atom. The number of anilines is 1. The standard InChI is InChI=1S/C25H19Cl2F3N2O4S/c1-14-3-4-16(9-21(14)31-23(33)15-5-7-20(8-6-15)37(2,34)35)22-13-24(36-32-22,25(28,29)30)17-10-18(26)12-19(27)11-17/h3-13,32H,1-2H3,(H,31,33). The summed E-state index contributed by atoms with van der Waals surface area (Å²) in [6.07, 6.45) is -2.92. The number of hydroxylamine groups is 1. The topological polar surface area (TPSA) is 84.5 Å². The summed E-state index contributed by atoms with van der Waals surface area (Å²) in [6.45, 7) is 1.72. The van der Waals surface area contributed by atoms with Crippen molar-refractivity contribution >= 4 is 50.3 Å². The van der Waals surface area contributed by atoms with Crippen molar-refractivity contribution in [3.05, 3.63) is 99.0 Å². The SMILES string of the molecule is Cc1ccc(C2=CC(c3cc(Cl)cc(Cl)c3)(C(F)(F)F)ON2)cc1NC(=O)c1ccc(S(C)(=O)=O)cc1. The Labute approximate surface area is 220 Å². The summed E-state index contributed by atoms with van der Waals surface area (Å²) < 4.78 is 66.1. The third kappa shape index (κ3) is 5.47. The molecule has 2 N–H and O–H groups in total. The van der Waals surface area contributed by atoms with Gasteiger partial charge in [-0.25, -0.2) is 8.42 Å². The van der Waals surface area contributed by atoms with E-state index in [0.29, 0.717) is 16.8 Å². The van der Waals surface area contributed by atoms with Crippen molar-refractivity contribution in [3.8, 4) is 0 Å². The molecule has 0 aromatic heterocycles. The molecule has 0 spiro atoms. The molecule has 3 aromatic rings. The summed E-state index contributed by atoms with van der Waals surface area (Å²) in [5, 5.41) is 2.74. The van der Waals surface area contributed by atoms with Crippen LogP contribution in [0, 0.1) is 6.92 Å². The van der Waals surface area contributed by atoms with E-state index in [1.54, 1.807) is 19.1 Å². The molecule has 0 bridgehead atoms. The molecule has 1 aliphatic rings. The number of benzene rings is 3. The Balaban J connectivity index is 1.67. The van der Waals surface area contributed by atoms with Crippen LogP contribution in [0.3, 0.4) is 0 Å². The highest BCUT2D eigenvalue weighted by atomic mass is 35.5. The van der Waals surface area contributed by atoms with Crippen molar-refractivity contribution in [1.82, 2.24) is 5.48 Å². The minimum atomic E-state index is -4.87. The average Bonchev–Trinajstić information content (AvgIpc) is 3.26. The maximum Gasteiger partial charge on any atom is 0.428 e. The van der Waals surface area contributed by atoms with Crippen LogP contribution >= 0.6 is 23.2 Å². The molecular formula is C25H19Cl2F3N2O4S. The van der Waals surface area contributed by atoms with Crippen molar-refractivity contribution in [1.29, 1.82) is 0 Å². The fourth-order valence-electron chi connectivity index (χ4n) is 3.73. The van der Waals surface area contributed by atoms with Crippen LogP contribution in [0.5, 0.6) is 0 Å². The molecule has 12 heteroatoms. The van der Waals surface area contributed by atoms with Crippen molar-refractivity contribution in [2.45, 2.75) is 23.6 Å². The molecule has 37 heavy (non-hydrogen) atoms. The lowest BCUT2D eigenvalue weighted by Crippen LogP contribution is -2.42. The summed E-state index contributed by atoms with van der Waals surface area (Å²) in [5.74, 6) is -0.525. The van der Waals surface area contributed by atoms with E-state index in [2.05, 4.69) is 10.8 Å². The van der Waals surface area contributed by atoms with Gasteiger partial charge in [0.15, 0.2) is 9.84 Å². The van der Waals surface area contributed by atoms with Gasteiger partial charge >= 0.3 is 6.18 Å². The van der Waals surface area contributed by atoms with Crippen LogP contribution in [0.1, 0.15) is 27.0 Å². The quantitative estimate of drug-likeness (QED) is 0.376. The third-order valence-corrected chi connectivity index (χ3v) is 7.29. The van der Waals surface area contributed by atoms with Gasteiger partial charge in [0.2, 0.25) is 5.60 Å². The number of alkyl halides is 3. The first-order chi connectivity index (χ1) is 17.2. The molecule has 0 radical (unpaired) electrons. The van der Waals surface area contributed by atoms with E-state index >= 15 is 0 Å². The number of hydrogen-bond acceptors (Lipinski definition) is 5.